The molecule has 0 aliphatic heterocycles. The average Bonchev–Trinajstić information content (AvgIpc) is 2.17. The second-order valence-electron chi connectivity index (χ2n) is 3.28. The van der Waals surface area contributed by atoms with Gasteiger partial charge in [-0.3, -0.25) is 0 Å². The van der Waals surface area contributed by atoms with E-state index in [1.807, 2.05) is 30.3 Å². The van der Waals surface area contributed by atoms with E-state index in [2.05, 4.69) is 17.1 Å². The molecule has 0 atom stereocenters. The van der Waals surface area contributed by atoms with Crippen LogP contribution in [0, 0.1) is 0 Å². The van der Waals surface area contributed by atoms with E-state index in [0.717, 1.165) is 12.0 Å². The third-order valence-electron chi connectivity index (χ3n) is 2.07. The lowest BCUT2D eigenvalue weighted by Gasteiger charge is -2.02. The van der Waals surface area contributed by atoms with Gasteiger partial charge in [0.25, 0.3) is 0 Å². The van der Waals surface area contributed by atoms with Crippen LogP contribution >= 0.6 is 23.2 Å². The molecule has 0 fully saturated rings. The average molecular weight is 238 g/mol. The molecule has 0 unspecified atom stereocenters. The zero-order valence-corrected chi connectivity index (χ0v) is 9.46. The van der Waals surface area contributed by atoms with Gasteiger partial charge in [-0.15, -0.1) is 0 Å². The zero-order chi connectivity index (χ0) is 10.7. The fourth-order valence-electron chi connectivity index (χ4n) is 1.45. The van der Waals surface area contributed by atoms with Gasteiger partial charge in [0.15, 0.2) is 0 Å². The highest BCUT2D eigenvalue weighted by Crippen LogP contribution is 2.17. The highest BCUT2D eigenvalue weighted by molar-refractivity contribution is 6.32. The zero-order valence-electron chi connectivity index (χ0n) is 7.95. The monoisotopic (exact) mass is 237 g/mol. The Bertz CT molecular complexity index is 434. The molecular weight excluding hydrogens is 229 g/mol. The van der Waals surface area contributed by atoms with Gasteiger partial charge in [-0.05, 0) is 29.7 Å². The summed E-state index contributed by atoms with van der Waals surface area (Å²) < 4.78 is 0. The molecule has 0 radical (unpaired) electrons. The van der Waals surface area contributed by atoms with Crippen molar-refractivity contribution in [3.8, 4) is 0 Å². The van der Waals surface area contributed by atoms with Crippen LogP contribution in [0.15, 0.2) is 42.5 Å². The number of nitrogens with zero attached hydrogens (tertiary/aromatic N) is 1. The maximum Gasteiger partial charge on any atom is 0.131 e. The molecule has 3 heteroatoms. The Morgan fingerprint density at radius 3 is 2.07 bits per heavy atom. The fraction of sp³-hybridized carbons (Fsp3) is 0.0833. The highest BCUT2D eigenvalue weighted by atomic mass is 35.5. The normalized spacial score (nSPS) is 10.3. The first kappa shape index (κ1) is 10.5. The lowest BCUT2D eigenvalue weighted by Crippen LogP contribution is -1.89. The molecule has 1 aromatic heterocycles. The maximum absolute atomic E-state index is 5.82. The largest absolute Gasteiger partial charge is 0.224 e. The van der Waals surface area contributed by atoms with Gasteiger partial charge in [0, 0.05) is 0 Å². The van der Waals surface area contributed by atoms with Crippen LogP contribution in [0.5, 0.6) is 0 Å². The van der Waals surface area contributed by atoms with Crippen molar-refractivity contribution < 1.29 is 0 Å². The van der Waals surface area contributed by atoms with Gasteiger partial charge >= 0.3 is 0 Å². The van der Waals surface area contributed by atoms with Crippen LogP contribution in [-0.2, 0) is 6.42 Å². The third kappa shape index (κ3) is 2.95. The molecule has 0 spiro atoms. The Morgan fingerprint density at radius 2 is 1.47 bits per heavy atom. The quantitative estimate of drug-likeness (QED) is 0.721. The number of benzene rings is 1. The first-order valence-electron chi connectivity index (χ1n) is 4.60. The lowest BCUT2D eigenvalue weighted by molar-refractivity contribution is 1.16. The van der Waals surface area contributed by atoms with Crippen molar-refractivity contribution in [3.05, 3.63) is 63.9 Å². The van der Waals surface area contributed by atoms with Crippen LogP contribution in [0.2, 0.25) is 10.3 Å². The predicted octanol–water partition coefficient (Wildman–Crippen LogP) is 3.98. The molecule has 0 amide bonds. The molecule has 2 aromatic rings. The molecular formula is C12H9Cl2N. The summed E-state index contributed by atoms with van der Waals surface area (Å²) in [5.74, 6) is 0. The number of aromatic nitrogens is 1. The summed E-state index contributed by atoms with van der Waals surface area (Å²) in [7, 11) is 0. The Morgan fingerprint density at radius 1 is 0.867 bits per heavy atom. The predicted molar refractivity (Wildman–Crippen MR) is 63.5 cm³/mol. The molecule has 0 N–H and O–H groups in total. The van der Waals surface area contributed by atoms with Crippen LogP contribution in [0.25, 0.3) is 0 Å². The number of pyridine rings is 1. The molecule has 0 saturated carbocycles. The Hall–Kier alpha value is -1.05. The van der Waals surface area contributed by atoms with E-state index in [4.69, 9.17) is 23.2 Å². The highest BCUT2D eigenvalue weighted by Gasteiger charge is 2.00. The number of hydrogen-bond donors (Lipinski definition) is 0. The molecule has 1 nitrogen and oxygen atoms in total. The molecule has 0 saturated heterocycles. The molecule has 0 aliphatic carbocycles. The lowest BCUT2D eigenvalue weighted by atomic mass is 10.1. The number of hydrogen-bond acceptors (Lipinski definition) is 1. The van der Waals surface area contributed by atoms with E-state index in [-0.39, 0.29) is 0 Å². The van der Waals surface area contributed by atoms with E-state index >= 15 is 0 Å². The van der Waals surface area contributed by atoms with Crippen molar-refractivity contribution in [1.82, 2.24) is 4.98 Å². The molecule has 0 bridgehead atoms. The first-order chi connectivity index (χ1) is 7.24. The topological polar surface area (TPSA) is 12.9 Å². The Balaban J connectivity index is 2.25. The molecule has 2 rings (SSSR count). The molecule has 1 aromatic carbocycles. The van der Waals surface area contributed by atoms with E-state index in [1.165, 1.54) is 5.56 Å². The summed E-state index contributed by atoms with van der Waals surface area (Å²) in [5.41, 5.74) is 2.31. The summed E-state index contributed by atoms with van der Waals surface area (Å²) in [6.45, 7) is 0. The van der Waals surface area contributed by atoms with Gasteiger partial charge < -0.3 is 0 Å². The summed E-state index contributed by atoms with van der Waals surface area (Å²) >= 11 is 11.6. The molecule has 15 heavy (non-hydrogen) atoms. The van der Waals surface area contributed by atoms with Crippen LogP contribution in [-0.4, -0.2) is 4.98 Å². The minimum Gasteiger partial charge on any atom is -0.224 e. The fourth-order valence-corrected chi connectivity index (χ4v) is 1.95. The second kappa shape index (κ2) is 4.65. The maximum atomic E-state index is 5.82. The van der Waals surface area contributed by atoms with E-state index < -0.39 is 0 Å². The third-order valence-corrected chi connectivity index (χ3v) is 2.46. The number of rotatable bonds is 2. The van der Waals surface area contributed by atoms with Crippen LogP contribution in [0.3, 0.4) is 0 Å². The van der Waals surface area contributed by atoms with Crippen molar-refractivity contribution in [2.45, 2.75) is 6.42 Å². The van der Waals surface area contributed by atoms with Crippen LogP contribution < -0.4 is 0 Å². The second-order valence-corrected chi connectivity index (χ2v) is 4.06. The standard InChI is InChI=1S/C12H9Cl2N/c13-11-7-10(8-12(14)15-11)6-9-4-2-1-3-5-9/h1-5,7-8H,6H2. The summed E-state index contributed by atoms with van der Waals surface area (Å²) in [5, 5.41) is 0.877. The smallest absolute Gasteiger partial charge is 0.131 e. The summed E-state index contributed by atoms with van der Waals surface area (Å²) in [6, 6.07) is 13.8. The van der Waals surface area contributed by atoms with Gasteiger partial charge in [0.1, 0.15) is 10.3 Å². The van der Waals surface area contributed by atoms with Gasteiger partial charge in [-0.2, -0.15) is 0 Å². The van der Waals surface area contributed by atoms with E-state index in [0.29, 0.717) is 10.3 Å². The first-order valence-corrected chi connectivity index (χ1v) is 5.35. The number of halogens is 2. The van der Waals surface area contributed by atoms with E-state index in [1.54, 1.807) is 0 Å². The Labute approximate surface area is 98.7 Å². The van der Waals surface area contributed by atoms with Crippen molar-refractivity contribution in [1.29, 1.82) is 0 Å². The van der Waals surface area contributed by atoms with Gasteiger partial charge in [-0.1, -0.05) is 53.5 Å². The van der Waals surface area contributed by atoms with Gasteiger partial charge in [0.05, 0.1) is 0 Å². The van der Waals surface area contributed by atoms with Crippen molar-refractivity contribution in [2.24, 2.45) is 0 Å². The van der Waals surface area contributed by atoms with E-state index in [9.17, 15) is 0 Å². The Kier molecular flexibility index (Phi) is 3.24. The summed E-state index contributed by atoms with van der Waals surface area (Å²) in [4.78, 5) is 3.91. The van der Waals surface area contributed by atoms with Gasteiger partial charge in [0.2, 0.25) is 0 Å². The molecule has 0 aliphatic rings. The minimum atomic E-state index is 0.438. The van der Waals surface area contributed by atoms with Crippen LogP contribution in [0.4, 0.5) is 0 Å². The van der Waals surface area contributed by atoms with Crippen molar-refractivity contribution >= 4 is 23.2 Å². The van der Waals surface area contributed by atoms with Crippen molar-refractivity contribution in [3.63, 3.8) is 0 Å². The van der Waals surface area contributed by atoms with Crippen LogP contribution in [0.1, 0.15) is 11.1 Å². The molecule has 1 heterocycles. The summed E-state index contributed by atoms with van der Waals surface area (Å²) in [6.07, 6.45) is 0.822. The van der Waals surface area contributed by atoms with Crippen molar-refractivity contribution in [2.75, 3.05) is 0 Å². The SMILES string of the molecule is Clc1cc(Cc2ccccc2)cc(Cl)n1. The van der Waals surface area contributed by atoms with Gasteiger partial charge in [-0.25, -0.2) is 4.98 Å². The molecule has 76 valence electrons. The minimum absolute atomic E-state index is 0.438.